The van der Waals surface area contributed by atoms with Gasteiger partial charge in [0, 0.05) is 19.5 Å². The monoisotopic (exact) mass is 312 g/mol. The van der Waals surface area contributed by atoms with Gasteiger partial charge in [0.2, 0.25) is 5.91 Å². The van der Waals surface area contributed by atoms with E-state index in [0.29, 0.717) is 19.6 Å². The lowest BCUT2D eigenvalue weighted by atomic mass is 10.0. The number of alkyl carbamates (subject to hydrolysis) is 1. The number of amides is 2. The fourth-order valence-electron chi connectivity index (χ4n) is 2.38. The molecule has 2 atom stereocenters. The SMILES string of the molecule is CC(C)(C)OC(=O)NC(CN1CCCC1=O)C(=O)C1(C)CO1. The van der Waals surface area contributed by atoms with Gasteiger partial charge in [-0.3, -0.25) is 9.59 Å². The Morgan fingerprint density at radius 3 is 2.55 bits per heavy atom. The second-order valence-corrected chi connectivity index (χ2v) is 7.03. The van der Waals surface area contributed by atoms with Gasteiger partial charge in [-0.15, -0.1) is 0 Å². The average Bonchev–Trinajstić information content (AvgIpc) is 3.00. The molecule has 2 unspecified atom stereocenters. The number of carbonyl (C=O) groups is 3. The highest BCUT2D eigenvalue weighted by Gasteiger charge is 2.50. The van der Waals surface area contributed by atoms with E-state index < -0.39 is 23.3 Å². The van der Waals surface area contributed by atoms with E-state index in [4.69, 9.17) is 9.47 Å². The average molecular weight is 312 g/mol. The largest absolute Gasteiger partial charge is 0.444 e. The summed E-state index contributed by atoms with van der Waals surface area (Å²) in [5.74, 6) is -0.219. The number of likely N-dealkylation sites (tertiary alicyclic amines) is 1. The molecule has 2 saturated heterocycles. The Labute approximate surface area is 130 Å². The summed E-state index contributed by atoms with van der Waals surface area (Å²) in [4.78, 5) is 37.8. The molecule has 0 bridgehead atoms. The van der Waals surface area contributed by atoms with Crippen molar-refractivity contribution in [2.45, 2.75) is 57.8 Å². The lowest BCUT2D eigenvalue weighted by molar-refractivity contribution is -0.130. The van der Waals surface area contributed by atoms with Crippen LogP contribution in [-0.4, -0.2) is 59.6 Å². The molecule has 7 nitrogen and oxygen atoms in total. The minimum Gasteiger partial charge on any atom is -0.444 e. The lowest BCUT2D eigenvalue weighted by Gasteiger charge is -2.27. The molecule has 1 N–H and O–H groups in total. The number of epoxide rings is 1. The van der Waals surface area contributed by atoms with Crippen molar-refractivity contribution in [2.75, 3.05) is 19.7 Å². The van der Waals surface area contributed by atoms with E-state index in [9.17, 15) is 14.4 Å². The Morgan fingerprint density at radius 1 is 1.45 bits per heavy atom. The number of nitrogens with one attached hydrogen (secondary N) is 1. The molecule has 2 fully saturated rings. The first-order chi connectivity index (χ1) is 10.1. The summed E-state index contributed by atoms with van der Waals surface area (Å²) in [5.41, 5.74) is -1.51. The first kappa shape index (κ1) is 16.7. The molecular formula is C15H24N2O5. The zero-order valence-corrected chi connectivity index (χ0v) is 13.6. The van der Waals surface area contributed by atoms with Gasteiger partial charge in [-0.05, 0) is 34.1 Å². The third kappa shape index (κ3) is 4.19. The molecule has 2 rings (SSSR count). The summed E-state index contributed by atoms with van der Waals surface area (Å²) in [5, 5.41) is 2.58. The van der Waals surface area contributed by atoms with Gasteiger partial charge in [0.1, 0.15) is 17.2 Å². The van der Waals surface area contributed by atoms with Crippen LogP contribution in [-0.2, 0) is 19.1 Å². The number of Topliss-reactive ketones (excluding diaryl/α,β-unsaturated/α-hetero) is 1. The molecule has 0 radical (unpaired) electrons. The number of carbonyl (C=O) groups excluding carboxylic acids is 3. The van der Waals surface area contributed by atoms with Crippen LogP contribution in [0.25, 0.3) is 0 Å². The molecule has 0 aromatic carbocycles. The summed E-state index contributed by atoms with van der Waals surface area (Å²) < 4.78 is 10.4. The van der Waals surface area contributed by atoms with Gasteiger partial charge < -0.3 is 19.7 Å². The van der Waals surface area contributed by atoms with E-state index in [1.54, 1.807) is 32.6 Å². The predicted molar refractivity (Wildman–Crippen MR) is 78.3 cm³/mol. The van der Waals surface area contributed by atoms with Crippen LogP contribution in [0.5, 0.6) is 0 Å². The first-order valence-electron chi connectivity index (χ1n) is 7.56. The minimum absolute atomic E-state index is 0.00524. The van der Waals surface area contributed by atoms with Crippen molar-refractivity contribution in [3.63, 3.8) is 0 Å². The van der Waals surface area contributed by atoms with Crippen LogP contribution in [0.4, 0.5) is 4.79 Å². The number of nitrogens with zero attached hydrogens (tertiary/aromatic N) is 1. The molecular weight excluding hydrogens is 288 g/mol. The molecule has 0 aromatic heterocycles. The molecule has 2 aliphatic rings. The molecule has 2 amide bonds. The van der Waals surface area contributed by atoms with E-state index in [1.807, 2.05) is 0 Å². The second kappa shape index (κ2) is 5.87. The lowest BCUT2D eigenvalue weighted by Crippen LogP contribution is -2.53. The summed E-state index contributed by atoms with van der Waals surface area (Å²) in [6.07, 6.45) is 0.600. The fourth-order valence-corrected chi connectivity index (χ4v) is 2.38. The molecule has 0 spiro atoms. The topological polar surface area (TPSA) is 88.2 Å². The van der Waals surface area contributed by atoms with Crippen LogP contribution in [0.15, 0.2) is 0 Å². The van der Waals surface area contributed by atoms with E-state index in [0.717, 1.165) is 6.42 Å². The molecule has 7 heteroatoms. The van der Waals surface area contributed by atoms with Crippen molar-refractivity contribution in [3.8, 4) is 0 Å². The zero-order valence-electron chi connectivity index (χ0n) is 13.6. The van der Waals surface area contributed by atoms with Crippen molar-refractivity contribution in [2.24, 2.45) is 0 Å². The van der Waals surface area contributed by atoms with Crippen LogP contribution in [0.2, 0.25) is 0 Å². The first-order valence-corrected chi connectivity index (χ1v) is 7.56. The van der Waals surface area contributed by atoms with Gasteiger partial charge in [0.05, 0.1) is 6.61 Å². The summed E-state index contributed by atoms with van der Waals surface area (Å²) in [6, 6.07) is -0.815. The van der Waals surface area contributed by atoms with Crippen LogP contribution < -0.4 is 5.32 Å². The van der Waals surface area contributed by atoms with Gasteiger partial charge in [0.15, 0.2) is 5.78 Å². The van der Waals surface area contributed by atoms with E-state index in [1.165, 1.54) is 0 Å². The molecule has 2 aliphatic heterocycles. The summed E-state index contributed by atoms with van der Waals surface area (Å²) >= 11 is 0. The summed E-state index contributed by atoms with van der Waals surface area (Å²) in [6.45, 7) is 8.04. The van der Waals surface area contributed by atoms with Crippen LogP contribution in [0, 0.1) is 0 Å². The Hall–Kier alpha value is -1.63. The zero-order chi connectivity index (χ0) is 16.5. The molecule has 0 aromatic rings. The molecule has 22 heavy (non-hydrogen) atoms. The smallest absolute Gasteiger partial charge is 0.408 e. The van der Waals surface area contributed by atoms with E-state index in [-0.39, 0.29) is 18.2 Å². The summed E-state index contributed by atoms with van der Waals surface area (Å²) in [7, 11) is 0. The third-order valence-electron chi connectivity index (χ3n) is 3.68. The number of hydrogen-bond acceptors (Lipinski definition) is 5. The van der Waals surface area contributed by atoms with Gasteiger partial charge in [0.25, 0.3) is 0 Å². The highest BCUT2D eigenvalue weighted by atomic mass is 16.6. The van der Waals surface area contributed by atoms with E-state index >= 15 is 0 Å². The van der Waals surface area contributed by atoms with Crippen molar-refractivity contribution in [1.29, 1.82) is 0 Å². The van der Waals surface area contributed by atoms with Gasteiger partial charge >= 0.3 is 6.09 Å². The van der Waals surface area contributed by atoms with Gasteiger partial charge in [-0.25, -0.2) is 4.79 Å². The minimum atomic E-state index is -0.859. The third-order valence-corrected chi connectivity index (χ3v) is 3.68. The Bertz CT molecular complexity index is 479. The molecule has 0 aliphatic carbocycles. The van der Waals surface area contributed by atoms with Crippen LogP contribution >= 0.6 is 0 Å². The second-order valence-electron chi connectivity index (χ2n) is 7.03. The predicted octanol–water partition coefficient (Wildman–Crippen LogP) is 0.860. The van der Waals surface area contributed by atoms with Crippen molar-refractivity contribution in [1.82, 2.24) is 10.2 Å². The van der Waals surface area contributed by atoms with Crippen LogP contribution in [0.3, 0.4) is 0 Å². The highest BCUT2D eigenvalue weighted by Crippen LogP contribution is 2.29. The number of ether oxygens (including phenoxy) is 2. The quantitative estimate of drug-likeness (QED) is 0.761. The Kier molecular flexibility index (Phi) is 4.47. The van der Waals surface area contributed by atoms with Gasteiger partial charge in [-0.2, -0.15) is 0 Å². The highest BCUT2D eigenvalue weighted by molar-refractivity contribution is 5.96. The molecule has 2 heterocycles. The number of ketones is 1. The van der Waals surface area contributed by atoms with Crippen LogP contribution in [0.1, 0.15) is 40.5 Å². The maximum absolute atomic E-state index is 12.5. The number of hydrogen-bond donors (Lipinski definition) is 1. The number of rotatable bonds is 5. The fraction of sp³-hybridized carbons (Fsp3) is 0.800. The maximum Gasteiger partial charge on any atom is 0.408 e. The van der Waals surface area contributed by atoms with Crippen molar-refractivity contribution in [3.05, 3.63) is 0 Å². The Balaban J connectivity index is 2.03. The van der Waals surface area contributed by atoms with Crippen molar-refractivity contribution >= 4 is 17.8 Å². The Morgan fingerprint density at radius 2 is 2.09 bits per heavy atom. The molecule has 124 valence electrons. The molecule has 0 saturated carbocycles. The van der Waals surface area contributed by atoms with E-state index in [2.05, 4.69) is 5.32 Å². The standard InChI is InChI=1S/C15H24N2O5/c1-14(2,3)22-13(20)16-10(12(19)15(4)9-21-15)8-17-7-5-6-11(17)18/h10H,5-9H2,1-4H3,(H,16,20). The van der Waals surface area contributed by atoms with Gasteiger partial charge in [-0.1, -0.05) is 0 Å². The maximum atomic E-state index is 12.5. The normalized spacial score (nSPS) is 25.8. The van der Waals surface area contributed by atoms with Crippen molar-refractivity contribution < 1.29 is 23.9 Å².